The Balaban J connectivity index is 2.38. The Morgan fingerprint density at radius 1 is 1.33 bits per heavy atom. The van der Waals surface area contributed by atoms with Crippen LogP contribution >= 0.6 is 11.6 Å². The molecule has 0 spiro atoms. The smallest absolute Gasteiger partial charge is 0.293 e. The molecule has 0 radical (unpaired) electrons. The minimum atomic E-state index is 0.196. The van der Waals surface area contributed by atoms with Crippen LogP contribution in [0.3, 0.4) is 0 Å². The monoisotopic (exact) mass is 221 g/mol. The van der Waals surface area contributed by atoms with Crippen molar-refractivity contribution in [3.63, 3.8) is 0 Å². The van der Waals surface area contributed by atoms with Crippen LogP contribution in [0.1, 0.15) is 5.69 Å². The molecular formula is C11H8ClNO2. The lowest BCUT2D eigenvalue weighted by Gasteiger charge is -2.01. The van der Waals surface area contributed by atoms with E-state index in [0.717, 1.165) is 16.6 Å². The maximum absolute atomic E-state index is 10.0. The molecule has 1 aromatic carbocycles. The summed E-state index contributed by atoms with van der Waals surface area (Å²) in [7, 11) is 0. The van der Waals surface area contributed by atoms with Crippen molar-refractivity contribution in [1.29, 1.82) is 0 Å². The normalized spacial score (nSPS) is 10.2. The van der Waals surface area contributed by atoms with Gasteiger partial charge in [-0.25, -0.2) is 4.98 Å². The van der Waals surface area contributed by atoms with E-state index in [0.29, 0.717) is 11.5 Å². The molecule has 0 amide bonds. The number of pyridine rings is 1. The molecule has 0 atom stereocenters. The van der Waals surface area contributed by atoms with E-state index in [-0.39, 0.29) is 6.61 Å². The predicted molar refractivity (Wildman–Crippen MR) is 57.6 cm³/mol. The van der Waals surface area contributed by atoms with Crippen molar-refractivity contribution in [3.8, 4) is 0 Å². The number of fused-ring (bicyclic) bond motifs is 1. The number of hydrogen-bond donors (Lipinski definition) is 0. The average Bonchev–Trinajstić information content (AvgIpc) is 2.26. The Morgan fingerprint density at radius 2 is 2.20 bits per heavy atom. The Bertz CT molecular complexity index is 499. The summed E-state index contributed by atoms with van der Waals surface area (Å²) < 4.78 is 4.62. The minimum absolute atomic E-state index is 0.196. The fourth-order valence-electron chi connectivity index (χ4n) is 1.34. The highest BCUT2D eigenvalue weighted by Gasteiger charge is 1.99. The number of nitrogens with zero attached hydrogens (tertiary/aromatic N) is 1. The van der Waals surface area contributed by atoms with E-state index in [1.165, 1.54) is 0 Å². The van der Waals surface area contributed by atoms with Crippen LogP contribution in [0.5, 0.6) is 0 Å². The molecule has 1 aromatic heterocycles. The van der Waals surface area contributed by atoms with Gasteiger partial charge in [0.15, 0.2) is 0 Å². The number of rotatable bonds is 3. The molecule has 0 N–H and O–H groups in total. The number of ether oxygens (including phenoxy) is 1. The summed E-state index contributed by atoms with van der Waals surface area (Å²) in [5.74, 6) is 0. The number of carbonyl (C=O) groups excluding carboxylic acids is 1. The number of halogens is 1. The fraction of sp³-hybridized carbons (Fsp3) is 0.0909. The van der Waals surface area contributed by atoms with Crippen molar-refractivity contribution in [2.45, 2.75) is 6.61 Å². The Hall–Kier alpha value is -1.61. The summed E-state index contributed by atoms with van der Waals surface area (Å²) in [6, 6.07) is 9.16. The van der Waals surface area contributed by atoms with Gasteiger partial charge in [0.2, 0.25) is 0 Å². The van der Waals surface area contributed by atoms with Crippen molar-refractivity contribution >= 4 is 29.0 Å². The van der Waals surface area contributed by atoms with Gasteiger partial charge in [0, 0.05) is 10.4 Å². The molecule has 0 saturated carbocycles. The van der Waals surface area contributed by atoms with E-state index in [9.17, 15) is 4.79 Å². The van der Waals surface area contributed by atoms with Gasteiger partial charge in [0.1, 0.15) is 6.61 Å². The van der Waals surface area contributed by atoms with Gasteiger partial charge in [-0.05, 0) is 24.3 Å². The van der Waals surface area contributed by atoms with E-state index >= 15 is 0 Å². The Morgan fingerprint density at radius 3 is 3.00 bits per heavy atom. The van der Waals surface area contributed by atoms with Gasteiger partial charge in [0.25, 0.3) is 6.47 Å². The van der Waals surface area contributed by atoms with Gasteiger partial charge in [-0.2, -0.15) is 0 Å². The lowest BCUT2D eigenvalue weighted by molar-refractivity contribution is -0.129. The van der Waals surface area contributed by atoms with Crippen molar-refractivity contribution in [3.05, 3.63) is 41.0 Å². The lowest BCUT2D eigenvalue weighted by atomic mass is 10.2. The Labute approximate surface area is 91.6 Å². The van der Waals surface area contributed by atoms with E-state index in [1.54, 1.807) is 6.07 Å². The summed E-state index contributed by atoms with van der Waals surface area (Å²) in [5.41, 5.74) is 1.56. The van der Waals surface area contributed by atoms with Gasteiger partial charge < -0.3 is 4.74 Å². The van der Waals surface area contributed by atoms with Crippen LogP contribution in [-0.4, -0.2) is 11.5 Å². The molecule has 1 heterocycles. The highest BCUT2D eigenvalue weighted by Crippen LogP contribution is 2.18. The minimum Gasteiger partial charge on any atom is -0.461 e. The zero-order chi connectivity index (χ0) is 10.7. The van der Waals surface area contributed by atoms with Crippen molar-refractivity contribution in [1.82, 2.24) is 4.98 Å². The Kier molecular flexibility index (Phi) is 2.83. The van der Waals surface area contributed by atoms with Crippen LogP contribution in [0.25, 0.3) is 10.9 Å². The number of carbonyl (C=O) groups is 1. The molecule has 0 unspecified atom stereocenters. The second-order valence-electron chi connectivity index (χ2n) is 3.05. The number of benzene rings is 1. The van der Waals surface area contributed by atoms with Crippen molar-refractivity contribution in [2.24, 2.45) is 0 Å². The van der Waals surface area contributed by atoms with E-state index in [2.05, 4.69) is 9.72 Å². The zero-order valence-electron chi connectivity index (χ0n) is 7.81. The lowest BCUT2D eigenvalue weighted by Crippen LogP contribution is -1.93. The third-order valence-electron chi connectivity index (χ3n) is 2.01. The second-order valence-corrected chi connectivity index (χ2v) is 3.48. The van der Waals surface area contributed by atoms with Crippen LogP contribution < -0.4 is 0 Å². The van der Waals surface area contributed by atoms with Gasteiger partial charge >= 0.3 is 0 Å². The molecule has 15 heavy (non-hydrogen) atoms. The van der Waals surface area contributed by atoms with E-state index < -0.39 is 0 Å². The summed E-state index contributed by atoms with van der Waals surface area (Å²) in [6.07, 6.45) is 0. The van der Waals surface area contributed by atoms with Gasteiger partial charge in [-0.3, -0.25) is 4.79 Å². The number of hydrogen-bond acceptors (Lipinski definition) is 3. The molecule has 3 nitrogen and oxygen atoms in total. The van der Waals surface area contributed by atoms with Crippen LogP contribution in [0.4, 0.5) is 0 Å². The largest absolute Gasteiger partial charge is 0.461 e. The topological polar surface area (TPSA) is 39.2 Å². The molecule has 0 aliphatic heterocycles. The molecule has 0 fully saturated rings. The molecule has 76 valence electrons. The van der Waals surface area contributed by atoms with Crippen LogP contribution in [0, 0.1) is 0 Å². The summed E-state index contributed by atoms with van der Waals surface area (Å²) in [5, 5.41) is 1.65. The van der Waals surface area contributed by atoms with E-state index in [1.807, 2.05) is 24.3 Å². The van der Waals surface area contributed by atoms with Crippen LogP contribution in [0.2, 0.25) is 5.02 Å². The quantitative estimate of drug-likeness (QED) is 0.748. The van der Waals surface area contributed by atoms with Crippen molar-refractivity contribution < 1.29 is 9.53 Å². The highest BCUT2D eigenvalue weighted by molar-refractivity contribution is 6.31. The van der Waals surface area contributed by atoms with E-state index in [4.69, 9.17) is 11.6 Å². The van der Waals surface area contributed by atoms with Crippen molar-refractivity contribution in [2.75, 3.05) is 0 Å². The SMILES string of the molecule is O=COCc1ccc2cc(Cl)ccc2n1. The first-order valence-electron chi connectivity index (χ1n) is 4.40. The molecule has 2 rings (SSSR count). The molecule has 0 saturated heterocycles. The maximum atomic E-state index is 10.0. The number of aromatic nitrogens is 1. The summed E-state index contributed by atoms with van der Waals surface area (Å²) >= 11 is 5.84. The third-order valence-corrected chi connectivity index (χ3v) is 2.24. The third kappa shape index (κ3) is 2.25. The zero-order valence-corrected chi connectivity index (χ0v) is 8.57. The molecule has 0 aliphatic carbocycles. The van der Waals surface area contributed by atoms with Crippen LogP contribution in [0.15, 0.2) is 30.3 Å². The average molecular weight is 222 g/mol. The fourth-order valence-corrected chi connectivity index (χ4v) is 1.52. The first-order valence-corrected chi connectivity index (χ1v) is 4.78. The van der Waals surface area contributed by atoms with Gasteiger partial charge in [0.05, 0.1) is 11.2 Å². The predicted octanol–water partition coefficient (Wildman–Crippen LogP) is 2.56. The molecule has 2 aromatic rings. The standard InChI is InChI=1S/C11H8ClNO2/c12-9-2-4-11-8(5-9)1-3-10(13-11)6-15-7-14/h1-5,7H,6H2. The first kappa shape index (κ1) is 9.93. The van der Waals surface area contributed by atoms with Crippen LogP contribution in [-0.2, 0) is 16.1 Å². The van der Waals surface area contributed by atoms with Gasteiger partial charge in [-0.1, -0.05) is 17.7 Å². The molecular weight excluding hydrogens is 214 g/mol. The molecule has 0 bridgehead atoms. The summed E-state index contributed by atoms with van der Waals surface area (Å²) in [4.78, 5) is 14.3. The maximum Gasteiger partial charge on any atom is 0.293 e. The molecule has 4 heteroatoms. The highest BCUT2D eigenvalue weighted by atomic mass is 35.5. The second kappa shape index (κ2) is 4.28. The molecule has 0 aliphatic rings. The summed E-state index contributed by atoms with van der Waals surface area (Å²) in [6.45, 7) is 0.607. The first-order chi connectivity index (χ1) is 7.29. The van der Waals surface area contributed by atoms with Gasteiger partial charge in [-0.15, -0.1) is 0 Å².